The first-order valence-electron chi connectivity index (χ1n) is 20.6. The number of nitrogens with one attached hydrogen (secondary N) is 1. The second kappa shape index (κ2) is 29.6. The van der Waals surface area contributed by atoms with E-state index in [1.165, 1.54) is 46.8 Å². The van der Waals surface area contributed by atoms with Gasteiger partial charge in [-0.15, -0.1) is 13.0 Å². The van der Waals surface area contributed by atoms with E-state index in [4.69, 9.17) is 15.9 Å². The number of terminal acetylenes is 1. The Balaban J connectivity index is 3.19. The Morgan fingerprint density at radius 3 is 1.73 bits per heavy atom. The van der Waals surface area contributed by atoms with Crippen LogP contribution in [0.15, 0.2) is 43.0 Å². The number of hydrogen-bond donors (Lipinski definition) is 2. The first kappa shape index (κ1) is 54.4. The van der Waals surface area contributed by atoms with Gasteiger partial charge >= 0.3 is 0 Å². The van der Waals surface area contributed by atoms with Crippen LogP contribution in [0.1, 0.15) is 59.1 Å². The quantitative estimate of drug-likeness (QED) is 0.0798. The van der Waals surface area contributed by atoms with Gasteiger partial charge in [0.1, 0.15) is 25.7 Å². The van der Waals surface area contributed by atoms with E-state index in [0.29, 0.717) is 6.42 Å². The summed E-state index contributed by atoms with van der Waals surface area (Å²) in [6, 6.07) is 7.61. The molecule has 0 aliphatic carbocycles. The van der Waals surface area contributed by atoms with Crippen LogP contribution < -0.4 is 5.32 Å². The Hall–Kier alpha value is -5.64. The lowest BCUT2D eigenvalue weighted by molar-refractivity contribution is -0.148. The number of benzene rings is 1. The third-order valence-electron chi connectivity index (χ3n) is 9.63. The molecule has 7 amide bonds. The molecule has 1 aromatic carbocycles. The third-order valence-corrected chi connectivity index (χ3v) is 9.63. The van der Waals surface area contributed by atoms with Crippen LogP contribution in [0, 0.1) is 18.3 Å². The van der Waals surface area contributed by atoms with Crippen molar-refractivity contribution in [2.24, 2.45) is 5.92 Å². The van der Waals surface area contributed by atoms with Gasteiger partial charge in [-0.1, -0.05) is 63.1 Å². The maximum Gasteiger partial charge on any atom is 0.243 e. The average Bonchev–Trinajstić information content (AvgIpc) is 3.23. The van der Waals surface area contributed by atoms with Gasteiger partial charge in [0.05, 0.1) is 52.0 Å². The molecule has 62 heavy (non-hydrogen) atoms. The first-order valence-corrected chi connectivity index (χ1v) is 20.6. The summed E-state index contributed by atoms with van der Waals surface area (Å²) in [7, 11) is 2.85. The van der Waals surface area contributed by atoms with Crippen molar-refractivity contribution in [2.45, 2.75) is 59.5 Å². The smallest absolute Gasteiger partial charge is 0.243 e. The molecule has 1 aromatic rings. The van der Waals surface area contributed by atoms with Crippen LogP contribution in [-0.2, 0) is 47.8 Å². The summed E-state index contributed by atoms with van der Waals surface area (Å²) in [4.78, 5) is 114. The van der Waals surface area contributed by atoms with Crippen LogP contribution in [0.4, 0.5) is 0 Å². The molecule has 18 heteroatoms. The van der Waals surface area contributed by atoms with Crippen LogP contribution in [0.3, 0.4) is 0 Å². The topological polar surface area (TPSA) is 207 Å². The number of Topliss-reactive ketones (excluding diaryl/α,β-unsaturated/α-hetero) is 1. The molecule has 0 bridgehead atoms. The summed E-state index contributed by atoms with van der Waals surface area (Å²) in [5.74, 6) is -2.10. The number of amides is 7. The normalized spacial score (nSPS) is 11.7. The van der Waals surface area contributed by atoms with Crippen molar-refractivity contribution in [3.05, 3.63) is 48.6 Å². The molecule has 1 rings (SSSR count). The zero-order valence-corrected chi connectivity index (χ0v) is 37.5. The number of hydrogen-bond acceptors (Lipinski definition) is 11. The van der Waals surface area contributed by atoms with Crippen molar-refractivity contribution in [1.29, 1.82) is 0 Å². The van der Waals surface area contributed by atoms with Crippen LogP contribution in [0.25, 0.3) is 0 Å². The molecule has 0 radical (unpaired) electrons. The first-order chi connectivity index (χ1) is 29.5. The lowest BCUT2D eigenvalue weighted by atomic mass is 10.0. The number of aliphatic hydroxyl groups excluding tert-OH is 1. The van der Waals surface area contributed by atoms with E-state index in [1.54, 1.807) is 13.8 Å². The second-order valence-electron chi connectivity index (χ2n) is 15.0. The number of ketones is 1. The molecular weight excluding hydrogens is 803 g/mol. The van der Waals surface area contributed by atoms with Gasteiger partial charge in [-0.05, 0) is 24.8 Å². The summed E-state index contributed by atoms with van der Waals surface area (Å²) < 4.78 is 10.3. The van der Waals surface area contributed by atoms with E-state index < -0.39 is 86.9 Å². The number of nitrogens with zero attached hydrogens (tertiary/aromatic N) is 6. The average molecular weight is 870 g/mol. The standard InChI is InChI=1S/C44H67N7O11/c1-10-18-46(27-41(57)48(20-12-3)29-43(59)49(21-23-61-8)26-39(55)45-37(32-52)38(54)25-33(4)5)40(56)28-47(19-11-2)42(58)30-50(22-24-62-9)44(60)31-51(35(7)53)34(6)36-16-14-13-15-17-36/h3,11,13-17,33-34,37,52H,2,10,18-32H2,1,4-9H3,(H,45,55)/t34-,37-/m0/s1. The van der Waals surface area contributed by atoms with Gasteiger partial charge in [-0.3, -0.25) is 38.4 Å². The predicted molar refractivity (Wildman–Crippen MR) is 232 cm³/mol. The SMILES string of the molecule is C#CCN(CC(=O)N(CCOC)CC(=O)N[C@@H](CO)C(=O)CC(C)C)C(=O)CN(CCC)C(=O)CN(CC=C)C(=O)CN(CCOC)C(=O)CN(C(C)=O)[C@@H](C)c1ccccc1. The number of methoxy groups -OCH3 is 2. The van der Waals surface area contributed by atoms with Gasteiger partial charge < -0.3 is 49.3 Å². The van der Waals surface area contributed by atoms with E-state index in [-0.39, 0.29) is 76.5 Å². The summed E-state index contributed by atoms with van der Waals surface area (Å²) in [6.45, 7) is 8.76. The highest BCUT2D eigenvalue weighted by Gasteiger charge is 2.30. The van der Waals surface area contributed by atoms with Gasteiger partial charge in [-0.2, -0.15) is 0 Å². The number of ether oxygens (including phenoxy) is 2. The Bertz CT molecular complexity index is 1680. The molecule has 0 fully saturated rings. The van der Waals surface area contributed by atoms with Crippen LogP contribution in [0.5, 0.6) is 0 Å². The van der Waals surface area contributed by atoms with Crippen LogP contribution in [0.2, 0.25) is 0 Å². The number of carbonyl (C=O) groups is 8. The van der Waals surface area contributed by atoms with Crippen LogP contribution >= 0.6 is 0 Å². The molecule has 0 aliphatic rings. The van der Waals surface area contributed by atoms with Gasteiger partial charge in [0.2, 0.25) is 41.4 Å². The molecule has 0 aliphatic heterocycles. The van der Waals surface area contributed by atoms with Crippen molar-refractivity contribution in [1.82, 2.24) is 34.7 Å². The fourth-order valence-corrected chi connectivity index (χ4v) is 6.22. The minimum Gasteiger partial charge on any atom is -0.394 e. The molecule has 2 atom stereocenters. The Morgan fingerprint density at radius 1 is 0.758 bits per heavy atom. The van der Waals surface area contributed by atoms with Gasteiger partial charge in [0.25, 0.3) is 0 Å². The molecule has 2 N–H and O–H groups in total. The Kier molecular flexibility index (Phi) is 25.9. The summed E-state index contributed by atoms with van der Waals surface area (Å²) in [6.07, 6.45) is 7.56. The number of carbonyl (C=O) groups excluding carboxylic acids is 8. The lowest BCUT2D eigenvalue weighted by Crippen LogP contribution is -2.53. The van der Waals surface area contributed by atoms with E-state index in [9.17, 15) is 43.5 Å². The van der Waals surface area contributed by atoms with E-state index in [1.807, 2.05) is 44.2 Å². The van der Waals surface area contributed by atoms with Crippen molar-refractivity contribution in [3.8, 4) is 12.3 Å². The molecule has 0 aromatic heterocycles. The molecule has 0 spiro atoms. The summed E-state index contributed by atoms with van der Waals surface area (Å²) in [5.41, 5.74) is 0.823. The number of rotatable bonds is 30. The van der Waals surface area contributed by atoms with E-state index in [2.05, 4.69) is 17.8 Å². The fraction of sp³-hybridized carbons (Fsp3) is 0.591. The van der Waals surface area contributed by atoms with Crippen molar-refractivity contribution < 1.29 is 52.9 Å². The summed E-state index contributed by atoms with van der Waals surface area (Å²) >= 11 is 0. The van der Waals surface area contributed by atoms with Crippen molar-refractivity contribution in [3.63, 3.8) is 0 Å². The molecule has 344 valence electrons. The predicted octanol–water partition coefficient (Wildman–Crippen LogP) is 0.353. The highest BCUT2D eigenvalue weighted by molar-refractivity contribution is 5.94. The Morgan fingerprint density at radius 2 is 1.24 bits per heavy atom. The largest absolute Gasteiger partial charge is 0.394 e. The van der Waals surface area contributed by atoms with Gasteiger partial charge in [0.15, 0.2) is 5.78 Å². The van der Waals surface area contributed by atoms with Crippen molar-refractivity contribution >= 4 is 47.1 Å². The molecule has 0 saturated carbocycles. The molecule has 0 saturated heterocycles. The van der Waals surface area contributed by atoms with Gasteiger partial charge in [0, 0.05) is 53.7 Å². The fourth-order valence-electron chi connectivity index (χ4n) is 6.22. The highest BCUT2D eigenvalue weighted by atomic mass is 16.5. The molecule has 18 nitrogen and oxygen atoms in total. The molecular formula is C44H67N7O11. The second-order valence-corrected chi connectivity index (χ2v) is 15.0. The molecule has 0 heterocycles. The van der Waals surface area contributed by atoms with Gasteiger partial charge in [-0.25, -0.2) is 0 Å². The third kappa shape index (κ3) is 19.4. The summed E-state index contributed by atoms with van der Waals surface area (Å²) in [5, 5.41) is 12.2. The maximum atomic E-state index is 13.8. The minimum atomic E-state index is -1.15. The van der Waals surface area contributed by atoms with Crippen molar-refractivity contribution in [2.75, 3.05) is 106 Å². The molecule has 0 unspecified atom stereocenters. The Labute approximate surface area is 366 Å². The zero-order valence-electron chi connectivity index (χ0n) is 37.5. The zero-order chi connectivity index (χ0) is 46.8. The highest BCUT2D eigenvalue weighted by Crippen LogP contribution is 2.20. The monoisotopic (exact) mass is 869 g/mol. The minimum absolute atomic E-state index is 0.00334. The lowest BCUT2D eigenvalue weighted by Gasteiger charge is -2.32. The van der Waals surface area contributed by atoms with E-state index in [0.717, 1.165) is 15.4 Å². The maximum absolute atomic E-state index is 13.8. The number of aliphatic hydroxyl groups is 1. The van der Waals surface area contributed by atoms with Crippen LogP contribution in [-0.4, -0.2) is 194 Å². The van der Waals surface area contributed by atoms with E-state index >= 15 is 0 Å².